The van der Waals surface area contributed by atoms with Crippen LogP contribution >= 0.6 is 0 Å². The molecule has 1 amide bonds. The van der Waals surface area contributed by atoms with Gasteiger partial charge in [-0.25, -0.2) is 4.79 Å². The van der Waals surface area contributed by atoms with Crippen LogP contribution in [0.3, 0.4) is 0 Å². The van der Waals surface area contributed by atoms with Crippen molar-refractivity contribution in [2.75, 3.05) is 26.2 Å². The van der Waals surface area contributed by atoms with E-state index in [0.717, 1.165) is 44.0 Å². The van der Waals surface area contributed by atoms with E-state index in [9.17, 15) is 4.79 Å². The first-order chi connectivity index (χ1) is 17.7. The second-order valence-electron chi connectivity index (χ2n) is 9.90. The molecule has 0 spiro atoms. The molecular weight excluding hydrogens is 446 g/mol. The number of hydrogen-bond acceptors (Lipinski definition) is 4. The number of ether oxygens (including phenoxy) is 1. The van der Waals surface area contributed by atoms with Gasteiger partial charge in [0.05, 0.1) is 0 Å². The van der Waals surface area contributed by atoms with Gasteiger partial charge in [0.2, 0.25) is 0 Å². The van der Waals surface area contributed by atoms with Crippen LogP contribution < -0.4 is 16.2 Å². The summed E-state index contributed by atoms with van der Waals surface area (Å²) in [5.74, 6) is 0.588. The Morgan fingerprint density at radius 3 is 2.19 bits per heavy atom. The van der Waals surface area contributed by atoms with Gasteiger partial charge in [0, 0.05) is 13.1 Å². The minimum Gasteiger partial charge on any atom is -0.410 e. The van der Waals surface area contributed by atoms with E-state index >= 15 is 0 Å². The predicted molar refractivity (Wildman–Crippen MR) is 151 cm³/mol. The fraction of sp³-hybridized carbons (Fsp3) is 0.452. The van der Waals surface area contributed by atoms with Gasteiger partial charge in [-0.1, -0.05) is 81.0 Å². The summed E-state index contributed by atoms with van der Waals surface area (Å²) in [6.45, 7) is 2.70. The summed E-state index contributed by atoms with van der Waals surface area (Å²) in [5, 5.41) is 4.82. The maximum Gasteiger partial charge on any atom is 0.415 e. The van der Waals surface area contributed by atoms with Crippen LogP contribution in [-0.4, -0.2) is 37.2 Å². The van der Waals surface area contributed by atoms with Crippen LogP contribution in [-0.2, 0) is 6.42 Å². The number of fused-ring (bicyclic) bond motifs is 5. The lowest BCUT2D eigenvalue weighted by molar-refractivity contribution is 0.151. The van der Waals surface area contributed by atoms with Gasteiger partial charge in [-0.05, 0) is 83.6 Å². The number of unbranched alkanes of at least 4 members (excludes halogenated alkanes) is 7. The fourth-order valence-electron chi connectivity index (χ4n) is 5.20. The molecular formula is C31H41N3O2. The lowest BCUT2D eigenvalue weighted by Gasteiger charge is -2.22. The largest absolute Gasteiger partial charge is 0.415 e. The molecule has 0 unspecified atom stereocenters. The number of nitrogens with zero attached hydrogens (tertiary/aromatic N) is 1. The average Bonchev–Trinajstić information content (AvgIpc) is 3.38. The Morgan fingerprint density at radius 2 is 1.42 bits per heavy atom. The second kappa shape index (κ2) is 13.4. The third kappa shape index (κ3) is 6.65. The Morgan fingerprint density at radius 1 is 0.750 bits per heavy atom. The number of nitrogens with two attached hydrogens (primary N) is 2. The molecule has 0 aromatic heterocycles. The third-order valence-electron chi connectivity index (χ3n) is 7.23. The number of rotatable bonds is 14. The minimum atomic E-state index is -0.283. The van der Waals surface area contributed by atoms with Crippen molar-refractivity contribution >= 4 is 33.7 Å². The van der Waals surface area contributed by atoms with Gasteiger partial charge in [0.25, 0.3) is 0 Å². The molecule has 1 aliphatic rings. The summed E-state index contributed by atoms with van der Waals surface area (Å²) in [6.07, 6.45) is 15.4. The summed E-state index contributed by atoms with van der Waals surface area (Å²) in [5.41, 5.74) is 14.0. The predicted octanol–water partition coefficient (Wildman–Crippen LogP) is 6.79. The molecule has 36 heavy (non-hydrogen) atoms. The van der Waals surface area contributed by atoms with Crippen molar-refractivity contribution in [2.45, 2.75) is 64.2 Å². The summed E-state index contributed by atoms with van der Waals surface area (Å²) < 4.78 is 5.83. The molecule has 192 valence electrons. The van der Waals surface area contributed by atoms with Crippen molar-refractivity contribution < 1.29 is 9.53 Å². The van der Waals surface area contributed by atoms with Gasteiger partial charge in [-0.15, -0.1) is 0 Å². The van der Waals surface area contributed by atoms with Crippen molar-refractivity contribution in [1.29, 1.82) is 0 Å². The molecule has 0 saturated heterocycles. The Hall–Kier alpha value is -2.89. The van der Waals surface area contributed by atoms with Crippen LogP contribution in [0, 0.1) is 0 Å². The van der Waals surface area contributed by atoms with E-state index in [1.165, 1.54) is 59.4 Å². The Bertz CT molecular complexity index is 1190. The number of benzene rings is 3. The van der Waals surface area contributed by atoms with Gasteiger partial charge < -0.3 is 21.1 Å². The zero-order chi connectivity index (χ0) is 25.2. The number of carbonyl (C=O) groups is 1. The summed E-state index contributed by atoms with van der Waals surface area (Å²) in [4.78, 5) is 14.8. The SMILES string of the molecule is NCCCCCCCCCCN(CCCN)C(=O)Oc1ccc2c(ccc3c4c(ccc32)C=CC4)c1. The second-order valence-corrected chi connectivity index (χ2v) is 9.90. The molecule has 3 aromatic carbocycles. The monoisotopic (exact) mass is 487 g/mol. The van der Waals surface area contributed by atoms with Gasteiger partial charge in [0.1, 0.15) is 5.75 Å². The normalized spacial score (nSPS) is 12.4. The summed E-state index contributed by atoms with van der Waals surface area (Å²) >= 11 is 0. The Kier molecular flexibility index (Phi) is 9.76. The van der Waals surface area contributed by atoms with E-state index in [1.807, 2.05) is 17.0 Å². The molecule has 1 aliphatic carbocycles. The molecule has 0 radical (unpaired) electrons. The average molecular weight is 488 g/mol. The lowest BCUT2D eigenvalue weighted by atomic mass is 9.96. The van der Waals surface area contributed by atoms with E-state index in [-0.39, 0.29) is 6.09 Å². The number of amides is 1. The van der Waals surface area contributed by atoms with Crippen LogP contribution in [0.1, 0.15) is 68.9 Å². The fourth-order valence-corrected chi connectivity index (χ4v) is 5.20. The van der Waals surface area contributed by atoms with Crippen molar-refractivity contribution in [3.8, 4) is 5.75 Å². The highest BCUT2D eigenvalue weighted by atomic mass is 16.6. The molecule has 0 heterocycles. The highest BCUT2D eigenvalue weighted by molar-refractivity contribution is 6.09. The summed E-state index contributed by atoms with van der Waals surface area (Å²) in [6, 6.07) is 14.7. The quantitative estimate of drug-likeness (QED) is 0.194. The van der Waals surface area contributed by atoms with Crippen molar-refractivity contribution in [1.82, 2.24) is 4.90 Å². The number of hydrogen-bond donors (Lipinski definition) is 2. The highest BCUT2D eigenvalue weighted by Gasteiger charge is 2.16. The molecule has 5 heteroatoms. The van der Waals surface area contributed by atoms with E-state index in [0.29, 0.717) is 25.4 Å². The first kappa shape index (κ1) is 26.2. The Balaban J connectivity index is 1.34. The van der Waals surface area contributed by atoms with Crippen LogP contribution in [0.4, 0.5) is 4.79 Å². The molecule has 0 atom stereocenters. The van der Waals surface area contributed by atoms with Crippen molar-refractivity contribution in [3.05, 3.63) is 59.7 Å². The Labute approximate surface area is 215 Å². The van der Waals surface area contributed by atoms with Crippen LogP contribution in [0.15, 0.2) is 48.5 Å². The molecule has 0 fully saturated rings. The molecule has 0 saturated carbocycles. The van der Waals surface area contributed by atoms with Crippen LogP contribution in [0.2, 0.25) is 0 Å². The van der Waals surface area contributed by atoms with Crippen molar-refractivity contribution in [2.24, 2.45) is 11.5 Å². The molecule has 0 aliphatic heterocycles. The zero-order valence-corrected chi connectivity index (χ0v) is 21.5. The topological polar surface area (TPSA) is 81.6 Å². The van der Waals surface area contributed by atoms with Gasteiger partial charge in [-0.2, -0.15) is 0 Å². The van der Waals surface area contributed by atoms with E-state index in [4.69, 9.17) is 16.2 Å². The highest BCUT2D eigenvalue weighted by Crippen LogP contribution is 2.34. The molecule has 4 N–H and O–H groups in total. The third-order valence-corrected chi connectivity index (χ3v) is 7.23. The lowest BCUT2D eigenvalue weighted by Crippen LogP contribution is -2.36. The molecule has 3 aromatic rings. The zero-order valence-electron chi connectivity index (χ0n) is 21.5. The van der Waals surface area contributed by atoms with Gasteiger partial charge in [-0.3, -0.25) is 0 Å². The number of allylic oxidation sites excluding steroid dienone is 1. The van der Waals surface area contributed by atoms with Crippen LogP contribution in [0.5, 0.6) is 5.75 Å². The number of carbonyl (C=O) groups excluding carboxylic acids is 1. The van der Waals surface area contributed by atoms with Crippen molar-refractivity contribution in [3.63, 3.8) is 0 Å². The molecule has 5 nitrogen and oxygen atoms in total. The standard InChI is InChI=1S/C31H41N3O2/c32-19-7-5-3-1-2-4-6-8-21-34(22-10-20-33)31(35)36-26-15-18-28-25(23-26)14-17-29-27-12-9-11-24(27)13-16-30(28)29/h9,11,13-18,23H,1-8,10,12,19-22,32-33H2. The first-order valence-corrected chi connectivity index (χ1v) is 13.7. The summed E-state index contributed by atoms with van der Waals surface area (Å²) in [7, 11) is 0. The molecule has 0 bridgehead atoms. The van der Waals surface area contributed by atoms with Gasteiger partial charge >= 0.3 is 6.09 Å². The first-order valence-electron chi connectivity index (χ1n) is 13.7. The smallest absolute Gasteiger partial charge is 0.410 e. The maximum absolute atomic E-state index is 13.0. The van der Waals surface area contributed by atoms with E-state index in [2.05, 4.69) is 42.5 Å². The van der Waals surface area contributed by atoms with E-state index in [1.54, 1.807) is 0 Å². The van der Waals surface area contributed by atoms with Crippen LogP contribution in [0.25, 0.3) is 27.6 Å². The van der Waals surface area contributed by atoms with E-state index < -0.39 is 0 Å². The molecule has 4 rings (SSSR count). The van der Waals surface area contributed by atoms with Gasteiger partial charge in [0.15, 0.2) is 0 Å². The minimum absolute atomic E-state index is 0.283. The maximum atomic E-state index is 13.0.